The van der Waals surface area contributed by atoms with Gasteiger partial charge in [0.1, 0.15) is 6.10 Å². The number of aliphatic hydroxyl groups excluding tert-OH is 3. The quantitative estimate of drug-likeness (QED) is 0.624. The van der Waals surface area contributed by atoms with Crippen LogP contribution in [0.3, 0.4) is 0 Å². The van der Waals surface area contributed by atoms with Crippen molar-refractivity contribution in [2.75, 3.05) is 32.7 Å². The third-order valence-corrected chi connectivity index (χ3v) is 5.05. The van der Waals surface area contributed by atoms with Gasteiger partial charge in [0.05, 0.1) is 12.2 Å². The van der Waals surface area contributed by atoms with Crippen LogP contribution in [0, 0.1) is 11.8 Å². The predicted molar refractivity (Wildman–Crippen MR) is 76.5 cm³/mol. The average molecular weight is 298 g/mol. The van der Waals surface area contributed by atoms with Crippen LogP contribution in [0.1, 0.15) is 25.7 Å². The van der Waals surface area contributed by atoms with E-state index in [-0.39, 0.29) is 0 Å². The van der Waals surface area contributed by atoms with Gasteiger partial charge in [-0.05, 0) is 31.6 Å². The molecule has 1 amide bonds. The van der Waals surface area contributed by atoms with Crippen molar-refractivity contribution >= 4 is 5.91 Å². The molecule has 0 spiro atoms. The zero-order valence-electron chi connectivity index (χ0n) is 12.4. The number of amides is 1. The number of aliphatic hydroxyl groups is 3. The lowest BCUT2D eigenvalue weighted by molar-refractivity contribution is -0.134. The van der Waals surface area contributed by atoms with Gasteiger partial charge in [-0.25, -0.2) is 0 Å². The largest absolute Gasteiger partial charge is 0.389 e. The van der Waals surface area contributed by atoms with Gasteiger partial charge in [-0.3, -0.25) is 9.69 Å². The molecule has 0 unspecified atom stereocenters. The fraction of sp³-hybridized carbons (Fsp3) is 0.933. The van der Waals surface area contributed by atoms with Crippen LogP contribution >= 0.6 is 0 Å². The van der Waals surface area contributed by atoms with Crippen molar-refractivity contribution in [3.05, 3.63) is 0 Å². The molecule has 1 aliphatic carbocycles. The second kappa shape index (κ2) is 6.20. The molecule has 120 valence electrons. The van der Waals surface area contributed by atoms with E-state index in [9.17, 15) is 20.1 Å². The van der Waals surface area contributed by atoms with Crippen LogP contribution in [0.25, 0.3) is 0 Å². The highest BCUT2D eigenvalue weighted by Gasteiger charge is 2.37. The third-order valence-electron chi connectivity index (χ3n) is 5.05. The summed E-state index contributed by atoms with van der Waals surface area (Å²) in [6.45, 7) is 3.33. The lowest BCUT2D eigenvalue weighted by Crippen LogP contribution is -2.56. The van der Waals surface area contributed by atoms with E-state index in [0.717, 1.165) is 45.3 Å². The van der Waals surface area contributed by atoms with Crippen molar-refractivity contribution in [1.29, 1.82) is 0 Å². The number of carbonyl (C=O) groups is 1. The number of hydrogen-bond donors (Lipinski definition) is 3. The first kappa shape index (κ1) is 15.2. The second-order valence-corrected chi connectivity index (χ2v) is 6.89. The van der Waals surface area contributed by atoms with E-state index in [1.54, 1.807) is 0 Å². The summed E-state index contributed by atoms with van der Waals surface area (Å²) < 4.78 is 0. The Bertz CT molecular complexity index is 368. The van der Waals surface area contributed by atoms with Gasteiger partial charge >= 0.3 is 0 Å². The Morgan fingerprint density at radius 2 is 1.52 bits per heavy atom. The molecule has 2 heterocycles. The summed E-state index contributed by atoms with van der Waals surface area (Å²) in [5, 5.41) is 29.0. The minimum absolute atomic E-state index is 0.301. The lowest BCUT2D eigenvalue weighted by atomic mass is 9.94. The molecular formula is C15H26N2O4. The van der Waals surface area contributed by atoms with Crippen molar-refractivity contribution in [3.63, 3.8) is 0 Å². The topological polar surface area (TPSA) is 84.2 Å². The van der Waals surface area contributed by atoms with E-state index in [0.29, 0.717) is 30.8 Å². The number of nitrogens with zero attached hydrogens (tertiary/aromatic N) is 2. The first-order valence-electron chi connectivity index (χ1n) is 8.10. The summed E-state index contributed by atoms with van der Waals surface area (Å²) in [6.07, 6.45) is 1.33. The van der Waals surface area contributed by atoms with Crippen LogP contribution in [-0.4, -0.2) is 82.1 Å². The third kappa shape index (κ3) is 3.56. The SMILES string of the molecule is O=C(C1CC1)N1CCC(CN2C[C@@H](O)[C@H](O)[C@@H](O)C2)CC1. The van der Waals surface area contributed by atoms with Gasteiger partial charge in [0.2, 0.25) is 5.91 Å². The molecule has 6 heteroatoms. The molecule has 3 fully saturated rings. The van der Waals surface area contributed by atoms with Crippen molar-refractivity contribution in [3.8, 4) is 0 Å². The molecule has 6 nitrogen and oxygen atoms in total. The number of rotatable bonds is 3. The summed E-state index contributed by atoms with van der Waals surface area (Å²) in [5.74, 6) is 1.14. The van der Waals surface area contributed by atoms with Crippen LogP contribution in [0.2, 0.25) is 0 Å². The smallest absolute Gasteiger partial charge is 0.225 e. The Balaban J connectivity index is 1.43. The Morgan fingerprint density at radius 3 is 2.05 bits per heavy atom. The molecule has 21 heavy (non-hydrogen) atoms. The summed E-state index contributed by atoms with van der Waals surface area (Å²) in [4.78, 5) is 16.0. The van der Waals surface area contributed by atoms with E-state index < -0.39 is 18.3 Å². The molecule has 0 bridgehead atoms. The van der Waals surface area contributed by atoms with Gasteiger partial charge in [0, 0.05) is 38.6 Å². The summed E-state index contributed by atoms with van der Waals surface area (Å²) >= 11 is 0. The summed E-state index contributed by atoms with van der Waals surface area (Å²) in [6, 6.07) is 0. The molecule has 0 aromatic heterocycles. The Labute approximate surface area is 125 Å². The van der Waals surface area contributed by atoms with Crippen LogP contribution in [0.15, 0.2) is 0 Å². The minimum atomic E-state index is -1.03. The van der Waals surface area contributed by atoms with Crippen LogP contribution in [0.5, 0.6) is 0 Å². The van der Waals surface area contributed by atoms with E-state index >= 15 is 0 Å². The zero-order chi connectivity index (χ0) is 15.0. The van der Waals surface area contributed by atoms with Crippen LogP contribution in [-0.2, 0) is 4.79 Å². The van der Waals surface area contributed by atoms with E-state index in [2.05, 4.69) is 0 Å². The summed E-state index contributed by atoms with van der Waals surface area (Å²) in [7, 11) is 0. The minimum Gasteiger partial charge on any atom is -0.389 e. The molecule has 3 rings (SSSR count). The normalized spacial score (nSPS) is 36.0. The van der Waals surface area contributed by atoms with Gasteiger partial charge in [-0.1, -0.05) is 0 Å². The van der Waals surface area contributed by atoms with Crippen molar-refractivity contribution in [2.45, 2.75) is 44.0 Å². The molecule has 2 aliphatic heterocycles. The van der Waals surface area contributed by atoms with Gasteiger partial charge < -0.3 is 20.2 Å². The fourth-order valence-corrected chi connectivity index (χ4v) is 3.51. The monoisotopic (exact) mass is 298 g/mol. The zero-order valence-corrected chi connectivity index (χ0v) is 12.4. The van der Waals surface area contributed by atoms with Gasteiger partial charge in [0.15, 0.2) is 0 Å². The fourth-order valence-electron chi connectivity index (χ4n) is 3.51. The van der Waals surface area contributed by atoms with Crippen LogP contribution in [0.4, 0.5) is 0 Å². The molecule has 1 saturated carbocycles. The number of hydrogen-bond acceptors (Lipinski definition) is 5. The highest BCUT2D eigenvalue weighted by Crippen LogP contribution is 2.32. The maximum Gasteiger partial charge on any atom is 0.225 e. The Morgan fingerprint density at radius 1 is 0.952 bits per heavy atom. The molecular weight excluding hydrogens is 272 g/mol. The Kier molecular flexibility index (Phi) is 4.49. The Hall–Kier alpha value is -0.690. The highest BCUT2D eigenvalue weighted by molar-refractivity contribution is 5.81. The molecule has 3 aliphatic rings. The first-order valence-corrected chi connectivity index (χ1v) is 8.10. The standard InChI is InChI=1S/C15H26N2O4/c18-12-8-16(9-13(19)14(12)20)7-10-3-5-17(6-4-10)15(21)11-1-2-11/h10-14,18-20H,1-9H2/t12-,13+,14+. The van der Waals surface area contributed by atoms with E-state index in [4.69, 9.17) is 0 Å². The average Bonchev–Trinajstić information content (AvgIpc) is 3.29. The van der Waals surface area contributed by atoms with E-state index in [1.807, 2.05) is 9.80 Å². The number of β-amino-alcohol motifs (C(OH)–C–C–N with tert-alkyl or cyclic N) is 2. The van der Waals surface area contributed by atoms with Gasteiger partial charge in [0.25, 0.3) is 0 Å². The lowest BCUT2D eigenvalue weighted by Gasteiger charge is -2.40. The maximum absolute atomic E-state index is 12.0. The molecule has 3 atom stereocenters. The molecule has 2 saturated heterocycles. The number of carbonyl (C=O) groups excluding carboxylic acids is 1. The van der Waals surface area contributed by atoms with E-state index in [1.165, 1.54) is 0 Å². The number of piperidine rings is 2. The van der Waals surface area contributed by atoms with Crippen molar-refractivity contribution in [2.24, 2.45) is 11.8 Å². The number of likely N-dealkylation sites (tertiary alicyclic amines) is 2. The molecule has 0 aromatic carbocycles. The van der Waals surface area contributed by atoms with Crippen molar-refractivity contribution < 1.29 is 20.1 Å². The second-order valence-electron chi connectivity index (χ2n) is 6.89. The molecule has 0 aromatic rings. The van der Waals surface area contributed by atoms with Crippen LogP contribution < -0.4 is 0 Å². The van der Waals surface area contributed by atoms with Gasteiger partial charge in [-0.15, -0.1) is 0 Å². The molecule has 0 radical (unpaired) electrons. The molecule has 3 N–H and O–H groups in total. The maximum atomic E-state index is 12.0. The van der Waals surface area contributed by atoms with Crippen molar-refractivity contribution in [1.82, 2.24) is 9.80 Å². The highest BCUT2D eigenvalue weighted by atomic mass is 16.4. The first-order chi connectivity index (χ1) is 10.0. The summed E-state index contributed by atoms with van der Waals surface area (Å²) in [5.41, 5.74) is 0. The predicted octanol–water partition coefficient (Wildman–Crippen LogP) is -0.967. The van der Waals surface area contributed by atoms with Gasteiger partial charge in [-0.2, -0.15) is 0 Å².